The highest BCUT2D eigenvalue weighted by molar-refractivity contribution is 6.12. The molecule has 6 heteroatoms. The summed E-state index contributed by atoms with van der Waals surface area (Å²) in [6.07, 6.45) is -1.36. The second-order valence-electron chi connectivity index (χ2n) is 6.38. The van der Waals surface area contributed by atoms with Gasteiger partial charge in [-0.15, -0.1) is 0 Å². The molecule has 6 nitrogen and oxygen atoms in total. The number of hydrogen-bond donors (Lipinski definition) is 1. The Balaban J connectivity index is 2.52. The fraction of sp³-hybridized carbons (Fsp3) is 0.438. The minimum absolute atomic E-state index is 0.149. The summed E-state index contributed by atoms with van der Waals surface area (Å²) in [4.78, 5) is 39.2. The number of nitrogens with zero attached hydrogens (tertiary/aromatic N) is 2. The van der Waals surface area contributed by atoms with Gasteiger partial charge in [-0.25, -0.2) is 4.79 Å². The summed E-state index contributed by atoms with van der Waals surface area (Å²) in [5.41, 5.74) is 0.170. The van der Waals surface area contributed by atoms with Crippen LogP contribution >= 0.6 is 0 Å². The molecule has 1 aromatic carbocycles. The number of benzene rings is 1. The zero-order valence-electron chi connectivity index (χ0n) is 13.2. The van der Waals surface area contributed by atoms with E-state index in [2.05, 4.69) is 0 Å². The predicted molar refractivity (Wildman–Crippen MR) is 82.2 cm³/mol. The molecule has 0 spiro atoms. The molecule has 0 saturated heterocycles. The van der Waals surface area contributed by atoms with Crippen LogP contribution in [0.3, 0.4) is 0 Å². The van der Waals surface area contributed by atoms with Crippen LogP contribution in [-0.2, 0) is 4.79 Å². The third-order valence-corrected chi connectivity index (χ3v) is 3.80. The number of carbonyl (C=O) groups excluding carboxylic acids is 2. The van der Waals surface area contributed by atoms with Crippen molar-refractivity contribution in [2.24, 2.45) is 0 Å². The van der Waals surface area contributed by atoms with E-state index in [0.717, 1.165) is 4.90 Å². The maximum atomic E-state index is 12.7. The second kappa shape index (κ2) is 5.44. The first-order valence-electron chi connectivity index (χ1n) is 7.06. The summed E-state index contributed by atoms with van der Waals surface area (Å²) in [5, 5.41) is 9.50. The molecule has 0 radical (unpaired) electrons. The number of hydrogen-bond acceptors (Lipinski definition) is 3. The fourth-order valence-corrected chi connectivity index (χ4v) is 2.81. The Hall–Kier alpha value is -2.37. The van der Waals surface area contributed by atoms with Crippen LogP contribution in [0, 0.1) is 0 Å². The molecule has 1 aliphatic heterocycles. The Morgan fingerprint density at radius 2 is 1.86 bits per heavy atom. The summed E-state index contributed by atoms with van der Waals surface area (Å²) in [6, 6.07) is 5.80. The van der Waals surface area contributed by atoms with E-state index in [4.69, 9.17) is 0 Å². The third-order valence-electron chi connectivity index (χ3n) is 3.80. The molecule has 2 rings (SSSR count). The molecule has 2 amide bonds. The molecule has 22 heavy (non-hydrogen) atoms. The van der Waals surface area contributed by atoms with E-state index >= 15 is 0 Å². The van der Waals surface area contributed by atoms with E-state index in [9.17, 15) is 19.5 Å². The maximum Gasteiger partial charge on any atom is 0.408 e. The maximum absolute atomic E-state index is 12.7. The first kappa shape index (κ1) is 16.0. The van der Waals surface area contributed by atoms with Gasteiger partial charge in [-0.05, 0) is 32.9 Å². The molecule has 1 aliphatic rings. The van der Waals surface area contributed by atoms with Gasteiger partial charge in [0.25, 0.3) is 0 Å². The first-order valence-corrected chi connectivity index (χ1v) is 7.06. The van der Waals surface area contributed by atoms with Gasteiger partial charge in [-0.2, -0.15) is 0 Å². The molecule has 0 aliphatic carbocycles. The molecule has 0 saturated carbocycles. The van der Waals surface area contributed by atoms with Crippen molar-refractivity contribution in [2.45, 2.75) is 38.8 Å². The number of fused-ring (bicyclic) bond motifs is 1. The van der Waals surface area contributed by atoms with Crippen molar-refractivity contribution < 1.29 is 19.5 Å². The van der Waals surface area contributed by atoms with Crippen LogP contribution in [0.1, 0.15) is 37.6 Å². The van der Waals surface area contributed by atoms with Crippen LogP contribution in [-0.4, -0.2) is 46.4 Å². The largest absolute Gasteiger partial charge is 0.465 e. The van der Waals surface area contributed by atoms with Crippen molar-refractivity contribution >= 4 is 23.5 Å². The van der Waals surface area contributed by atoms with Gasteiger partial charge in [-0.1, -0.05) is 12.1 Å². The minimum atomic E-state index is -1.21. The summed E-state index contributed by atoms with van der Waals surface area (Å²) in [7, 11) is 1.56. The monoisotopic (exact) mass is 304 g/mol. The minimum Gasteiger partial charge on any atom is -0.465 e. The number of Topliss-reactive ketones (excluding diaryl/α,β-unsaturated/α-hetero) is 1. The van der Waals surface area contributed by atoms with Crippen LogP contribution in [0.2, 0.25) is 0 Å². The zero-order valence-corrected chi connectivity index (χ0v) is 13.2. The van der Waals surface area contributed by atoms with Crippen molar-refractivity contribution in [3.63, 3.8) is 0 Å². The topological polar surface area (TPSA) is 77.9 Å². The first-order chi connectivity index (χ1) is 10.1. The molecule has 118 valence electrons. The van der Waals surface area contributed by atoms with E-state index in [-0.39, 0.29) is 12.2 Å². The normalized spacial score (nSPS) is 18.7. The van der Waals surface area contributed by atoms with Gasteiger partial charge in [0.1, 0.15) is 6.04 Å². The Kier molecular flexibility index (Phi) is 3.96. The third kappa shape index (κ3) is 2.68. The van der Waals surface area contributed by atoms with E-state index in [1.807, 2.05) is 0 Å². The van der Waals surface area contributed by atoms with Crippen LogP contribution in [0.15, 0.2) is 24.3 Å². The fourth-order valence-electron chi connectivity index (χ4n) is 2.81. The quantitative estimate of drug-likeness (QED) is 0.864. The van der Waals surface area contributed by atoms with Crippen LogP contribution in [0.4, 0.5) is 10.5 Å². The molecule has 0 fully saturated rings. The summed E-state index contributed by atoms with van der Waals surface area (Å²) >= 11 is 0. The number of carbonyl (C=O) groups is 3. The van der Waals surface area contributed by atoms with Crippen molar-refractivity contribution in [3.05, 3.63) is 29.8 Å². The van der Waals surface area contributed by atoms with Crippen LogP contribution in [0.25, 0.3) is 0 Å². The molecular formula is C16H20N2O4. The van der Waals surface area contributed by atoms with E-state index in [1.54, 1.807) is 52.1 Å². The lowest BCUT2D eigenvalue weighted by Crippen LogP contribution is -2.57. The number of anilines is 1. The molecule has 1 heterocycles. The lowest BCUT2D eigenvalue weighted by Gasteiger charge is -2.38. The van der Waals surface area contributed by atoms with Crippen molar-refractivity contribution in [2.75, 3.05) is 11.9 Å². The number of para-hydroxylation sites is 1. The summed E-state index contributed by atoms with van der Waals surface area (Å²) < 4.78 is 0. The van der Waals surface area contributed by atoms with Crippen molar-refractivity contribution in [1.29, 1.82) is 0 Å². The average Bonchev–Trinajstić information content (AvgIpc) is 2.50. The Bertz CT molecular complexity index is 633. The Morgan fingerprint density at radius 3 is 2.41 bits per heavy atom. The lowest BCUT2D eigenvalue weighted by molar-refractivity contribution is -0.124. The SMILES string of the molecule is CN1C(=O)C(N(C(=O)O)C(C)(C)C)CC(=O)c2ccccc21. The van der Waals surface area contributed by atoms with Crippen molar-refractivity contribution in [3.8, 4) is 0 Å². The van der Waals surface area contributed by atoms with Crippen LogP contribution in [0.5, 0.6) is 0 Å². The summed E-state index contributed by atoms with van der Waals surface area (Å²) in [6.45, 7) is 5.12. The lowest BCUT2D eigenvalue weighted by atomic mass is 9.98. The van der Waals surface area contributed by atoms with E-state index in [0.29, 0.717) is 11.3 Å². The highest BCUT2D eigenvalue weighted by Crippen LogP contribution is 2.30. The number of rotatable bonds is 1. The van der Waals surface area contributed by atoms with Gasteiger partial charge in [-0.3, -0.25) is 14.5 Å². The highest BCUT2D eigenvalue weighted by Gasteiger charge is 2.42. The molecule has 0 bridgehead atoms. The molecular weight excluding hydrogens is 284 g/mol. The predicted octanol–water partition coefficient (Wildman–Crippen LogP) is 2.38. The van der Waals surface area contributed by atoms with Gasteiger partial charge in [0.05, 0.1) is 5.69 Å². The van der Waals surface area contributed by atoms with Gasteiger partial charge < -0.3 is 10.0 Å². The van der Waals surface area contributed by atoms with Gasteiger partial charge in [0, 0.05) is 24.6 Å². The number of amides is 2. The van der Waals surface area contributed by atoms with E-state index < -0.39 is 23.6 Å². The number of ketones is 1. The number of likely N-dealkylation sites (N-methyl/N-ethyl adjacent to an activating group) is 1. The highest BCUT2D eigenvalue weighted by atomic mass is 16.4. The Labute approximate surface area is 129 Å². The average molecular weight is 304 g/mol. The molecule has 1 atom stereocenters. The Morgan fingerprint density at radius 1 is 1.27 bits per heavy atom. The molecule has 0 aromatic heterocycles. The van der Waals surface area contributed by atoms with Gasteiger partial charge in [0.2, 0.25) is 5.91 Å². The molecule has 1 aromatic rings. The number of carboxylic acid groups (broad SMARTS) is 1. The zero-order chi connectivity index (χ0) is 16.7. The van der Waals surface area contributed by atoms with Gasteiger partial charge in [0.15, 0.2) is 5.78 Å². The van der Waals surface area contributed by atoms with E-state index in [1.165, 1.54) is 4.90 Å². The second-order valence-corrected chi connectivity index (χ2v) is 6.38. The standard InChI is InChI=1S/C16H20N2O4/c1-16(2,3)18(15(21)22)12-9-13(19)10-7-5-6-8-11(10)17(4)14(12)20/h5-8,12H,9H2,1-4H3,(H,21,22). The van der Waals surface area contributed by atoms with Gasteiger partial charge >= 0.3 is 6.09 Å². The molecule has 1 N–H and O–H groups in total. The molecule has 1 unspecified atom stereocenters. The van der Waals surface area contributed by atoms with Crippen molar-refractivity contribution in [1.82, 2.24) is 4.90 Å². The van der Waals surface area contributed by atoms with Crippen LogP contribution < -0.4 is 4.90 Å². The summed E-state index contributed by atoms with van der Waals surface area (Å²) in [5.74, 6) is -0.621. The smallest absolute Gasteiger partial charge is 0.408 e.